The van der Waals surface area contributed by atoms with Gasteiger partial charge >= 0.3 is 6.55 Å². The van der Waals surface area contributed by atoms with Crippen molar-refractivity contribution < 1.29 is 13.6 Å². The van der Waals surface area contributed by atoms with E-state index in [1.807, 2.05) is 14.1 Å². The first-order valence-electron chi connectivity index (χ1n) is 7.10. The second-order valence-corrected chi connectivity index (χ2v) is 6.11. The quantitative estimate of drug-likeness (QED) is 0.853. The van der Waals surface area contributed by atoms with Gasteiger partial charge in [-0.3, -0.25) is 4.79 Å². The molecule has 0 radical (unpaired) electrons. The number of alkyl halides is 2. The van der Waals surface area contributed by atoms with Crippen LogP contribution in [0.1, 0.15) is 30.9 Å². The number of nitrogens with zero attached hydrogens (tertiary/aromatic N) is 4. The predicted octanol–water partition coefficient (Wildman–Crippen LogP) is 1.94. The number of likely N-dealkylation sites (tertiary alicyclic amines) is 1. The van der Waals surface area contributed by atoms with E-state index in [2.05, 4.69) is 23.8 Å². The first-order chi connectivity index (χ1) is 9.81. The lowest BCUT2D eigenvalue weighted by molar-refractivity contribution is 0.0553. The van der Waals surface area contributed by atoms with Gasteiger partial charge in [-0.05, 0) is 32.0 Å². The Morgan fingerprint density at radius 1 is 1.38 bits per heavy atom. The number of rotatable bonds is 4. The van der Waals surface area contributed by atoms with E-state index in [0.29, 0.717) is 29.6 Å². The van der Waals surface area contributed by atoms with Crippen molar-refractivity contribution in [2.45, 2.75) is 26.4 Å². The van der Waals surface area contributed by atoms with Crippen molar-refractivity contribution in [3.8, 4) is 0 Å². The Kier molecular flexibility index (Phi) is 4.61. The number of halogens is 2. The van der Waals surface area contributed by atoms with Crippen LogP contribution in [0.5, 0.6) is 0 Å². The second kappa shape index (κ2) is 6.09. The smallest absolute Gasteiger partial charge is 0.333 e. The maximum absolute atomic E-state index is 12.5. The summed E-state index contributed by atoms with van der Waals surface area (Å²) in [6, 6.07) is 1.63. The van der Waals surface area contributed by atoms with Gasteiger partial charge < -0.3 is 9.80 Å². The van der Waals surface area contributed by atoms with E-state index in [9.17, 15) is 13.6 Å². The average molecular weight is 300 g/mol. The minimum absolute atomic E-state index is 0.0808. The summed E-state index contributed by atoms with van der Waals surface area (Å²) in [5, 5.41) is 3.66. The third kappa shape index (κ3) is 3.23. The Balaban J connectivity index is 2.13. The van der Waals surface area contributed by atoms with Gasteiger partial charge in [-0.2, -0.15) is 13.9 Å². The zero-order valence-corrected chi connectivity index (χ0v) is 12.8. The maximum Gasteiger partial charge on any atom is 0.333 e. The molecule has 7 heteroatoms. The molecular weight excluding hydrogens is 278 g/mol. The van der Waals surface area contributed by atoms with Crippen molar-refractivity contribution in [3.63, 3.8) is 0 Å². The third-order valence-electron chi connectivity index (χ3n) is 4.17. The molecule has 0 aliphatic carbocycles. The summed E-state index contributed by atoms with van der Waals surface area (Å²) >= 11 is 0. The highest BCUT2D eigenvalue weighted by Crippen LogP contribution is 2.28. The van der Waals surface area contributed by atoms with Gasteiger partial charge in [-0.15, -0.1) is 0 Å². The van der Waals surface area contributed by atoms with E-state index < -0.39 is 6.55 Å². The molecule has 0 N–H and O–H groups in total. The molecular formula is C14H22F2N4O. The number of carbonyl (C=O) groups is 1. The fourth-order valence-corrected chi connectivity index (χ4v) is 2.90. The Labute approximate surface area is 123 Å². The highest BCUT2D eigenvalue weighted by Gasteiger charge is 2.38. The number of carbonyl (C=O) groups excluding carboxylic acids is 1. The van der Waals surface area contributed by atoms with Crippen LogP contribution in [-0.4, -0.2) is 58.7 Å². The van der Waals surface area contributed by atoms with Gasteiger partial charge in [0.15, 0.2) is 5.69 Å². The van der Waals surface area contributed by atoms with Crippen LogP contribution in [0.25, 0.3) is 0 Å². The molecule has 1 amide bonds. The fraction of sp³-hybridized carbons (Fsp3) is 0.714. The summed E-state index contributed by atoms with van der Waals surface area (Å²) < 4.78 is 25.6. The minimum Gasteiger partial charge on any atom is -0.335 e. The molecule has 1 saturated heterocycles. The van der Waals surface area contributed by atoms with Gasteiger partial charge in [0.2, 0.25) is 0 Å². The lowest BCUT2D eigenvalue weighted by Gasteiger charge is -2.27. The van der Waals surface area contributed by atoms with Gasteiger partial charge in [-0.1, -0.05) is 13.8 Å². The highest BCUT2D eigenvalue weighted by molar-refractivity contribution is 5.92. The molecule has 0 saturated carbocycles. The van der Waals surface area contributed by atoms with Gasteiger partial charge in [-0.25, -0.2) is 4.68 Å². The van der Waals surface area contributed by atoms with E-state index in [1.54, 1.807) is 4.90 Å². The first kappa shape index (κ1) is 15.9. The van der Waals surface area contributed by atoms with Gasteiger partial charge in [0.1, 0.15) is 0 Å². The SMILES string of the molecule is CC(C)C1CN(C(=O)c2ccn(C(F)F)n2)CC1N(C)C. The van der Waals surface area contributed by atoms with Crippen molar-refractivity contribution in [1.29, 1.82) is 0 Å². The van der Waals surface area contributed by atoms with Crippen molar-refractivity contribution in [3.05, 3.63) is 18.0 Å². The van der Waals surface area contributed by atoms with Crippen LogP contribution >= 0.6 is 0 Å². The molecule has 0 bridgehead atoms. The number of hydrogen-bond acceptors (Lipinski definition) is 3. The number of hydrogen-bond donors (Lipinski definition) is 0. The Bertz CT molecular complexity index is 485. The average Bonchev–Trinajstić information content (AvgIpc) is 3.05. The van der Waals surface area contributed by atoms with E-state index in [-0.39, 0.29) is 17.6 Å². The fourth-order valence-electron chi connectivity index (χ4n) is 2.90. The van der Waals surface area contributed by atoms with Crippen LogP contribution in [0, 0.1) is 11.8 Å². The summed E-state index contributed by atoms with van der Waals surface area (Å²) in [5.41, 5.74) is 0.0808. The maximum atomic E-state index is 12.5. The molecule has 1 aromatic rings. The Hall–Kier alpha value is -1.50. The van der Waals surface area contributed by atoms with Crippen LogP contribution < -0.4 is 0 Å². The van der Waals surface area contributed by atoms with Crippen LogP contribution in [0.15, 0.2) is 12.3 Å². The minimum atomic E-state index is -2.72. The zero-order valence-electron chi connectivity index (χ0n) is 12.8. The molecule has 1 aliphatic heterocycles. The third-order valence-corrected chi connectivity index (χ3v) is 4.17. The largest absolute Gasteiger partial charge is 0.335 e. The summed E-state index contributed by atoms with van der Waals surface area (Å²) in [7, 11) is 4.00. The summed E-state index contributed by atoms with van der Waals surface area (Å²) in [6.45, 7) is 2.81. The van der Waals surface area contributed by atoms with Gasteiger partial charge in [0, 0.05) is 25.3 Å². The predicted molar refractivity (Wildman–Crippen MR) is 75.2 cm³/mol. The van der Waals surface area contributed by atoms with Gasteiger partial charge in [0.25, 0.3) is 5.91 Å². The van der Waals surface area contributed by atoms with Crippen molar-refractivity contribution in [2.24, 2.45) is 11.8 Å². The van der Waals surface area contributed by atoms with Crippen LogP contribution in [0.3, 0.4) is 0 Å². The summed E-state index contributed by atoms with van der Waals surface area (Å²) in [6.07, 6.45) is 1.14. The topological polar surface area (TPSA) is 41.4 Å². The standard InChI is InChI=1S/C14H22F2N4O/c1-9(2)10-7-19(8-12(10)18(3)4)13(21)11-5-6-20(17-11)14(15)16/h5-6,9-10,12,14H,7-8H2,1-4H3. The zero-order chi connectivity index (χ0) is 15.7. The normalized spacial score (nSPS) is 22.8. The lowest BCUT2D eigenvalue weighted by atomic mass is 9.91. The van der Waals surface area contributed by atoms with E-state index >= 15 is 0 Å². The van der Waals surface area contributed by atoms with Crippen LogP contribution in [-0.2, 0) is 0 Å². The van der Waals surface area contributed by atoms with Crippen LogP contribution in [0.4, 0.5) is 8.78 Å². The van der Waals surface area contributed by atoms with E-state index in [0.717, 1.165) is 6.20 Å². The van der Waals surface area contributed by atoms with Crippen molar-refractivity contribution >= 4 is 5.91 Å². The summed E-state index contributed by atoms with van der Waals surface area (Å²) in [5.74, 6) is 0.555. The Morgan fingerprint density at radius 2 is 2.05 bits per heavy atom. The van der Waals surface area contributed by atoms with Gasteiger partial charge in [0.05, 0.1) is 0 Å². The van der Waals surface area contributed by atoms with Crippen molar-refractivity contribution in [1.82, 2.24) is 19.6 Å². The second-order valence-electron chi connectivity index (χ2n) is 6.11. The van der Waals surface area contributed by atoms with E-state index in [1.165, 1.54) is 6.07 Å². The Morgan fingerprint density at radius 3 is 2.48 bits per heavy atom. The monoisotopic (exact) mass is 300 g/mol. The molecule has 0 spiro atoms. The van der Waals surface area contributed by atoms with E-state index in [4.69, 9.17) is 0 Å². The van der Waals surface area contributed by atoms with Crippen molar-refractivity contribution in [2.75, 3.05) is 27.2 Å². The molecule has 2 rings (SSSR count). The molecule has 5 nitrogen and oxygen atoms in total. The number of aromatic nitrogens is 2. The molecule has 1 fully saturated rings. The first-order valence-corrected chi connectivity index (χ1v) is 7.10. The number of likely N-dealkylation sites (N-methyl/N-ethyl adjacent to an activating group) is 1. The molecule has 1 aliphatic rings. The highest BCUT2D eigenvalue weighted by atomic mass is 19.3. The molecule has 118 valence electrons. The lowest BCUT2D eigenvalue weighted by Crippen LogP contribution is -2.37. The number of amides is 1. The van der Waals surface area contributed by atoms with Crippen LogP contribution in [0.2, 0.25) is 0 Å². The summed E-state index contributed by atoms with van der Waals surface area (Å²) in [4.78, 5) is 16.2. The molecule has 2 unspecified atom stereocenters. The molecule has 1 aromatic heterocycles. The molecule has 0 aromatic carbocycles. The molecule has 21 heavy (non-hydrogen) atoms. The molecule has 2 atom stereocenters. The molecule has 2 heterocycles.